The van der Waals surface area contributed by atoms with Crippen LogP contribution in [0.4, 0.5) is 13.2 Å². The van der Waals surface area contributed by atoms with Crippen molar-refractivity contribution >= 4 is 0 Å². The van der Waals surface area contributed by atoms with Crippen molar-refractivity contribution in [2.24, 2.45) is 5.41 Å². The summed E-state index contributed by atoms with van der Waals surface area (Å²) in [4.78, 5) is 0. The maximum atomic E-state index is 12.7. The number of alkyl halides is 3. The normalized spacial score (nSPS) is 13.7. The Labute approximate surface area is 114 Å². The van der Waals surface area contributed by atoms with Crippen molar-refractivity contribution in [1.29, 1.82) is 0 Å². The number of hydrogen-bond donors (Lipinski definition) is 1. The van der Waals surface area contributed by atoms with Crippen LogP contribution in [-0.2, 0) is 4.74 Å². The number of aliphatic hydroxyl groups is 1. The molecule has 0 heterocycles. The molecule has 1 atom stereocenters. The van der Waals surface area contributed by atoms with Gasteiger partial charge in [-0.2, -0.15) is 0 Å². The lowest BCUT2D eigenvalue weighted by Gasteiger charge is -2.30. The highest BCUT2D eigenvalue weighted by atomic mass is 19.1. The zero-order valence-electron chi connectivity index (χ0n) is 11.8. The van der Waals surface area contributed by atoms with Gasteiger partial charge in [0.2, 0.25) is 0 Å². The van der Waals surface area contributed by atoms with E-state index in [2.05, 4.69) is 0 Å². The molecule has 0 saturated carbocycles. The van der Waals surface area contributed by atoms with Crippen LogP contribution < -0.4 is 0 Å². The van der Waals surface area contributed by atoms with Crippen LogP contribution in [0.5, 0.6) is 0 Å². The summed E-state index contributed by atoms with van der Waals surface area (Å²) in [6.45, 7) is -0.0351. The molecule has 0 unspecified atom stereocenters. The van der Waals surface area contributed by atoms with Gasteiger partial charge < -0.3 is 9.84 Å². The summed E-state index contributed by atoms with van der Waals surface area (Å²) in [5.74, 6) is 0. The Bertz CT molecular complexity index is 191. The molecule has 0 bridgehead atoms. The monoisotopic (exact) mass is 284 g/mol. The highest BCUT2D eigenvalue weighted by Crippen LogP contribution is 2.28. The number of aliphatic hydroxyl groups excluding tert-OH is 1. The molecule has 1 N–H and O–H groups in total. The van der Waals surface area contributed by atoms with Crippen LogP contribution in [0.1, 0.15) is 45.4 Å². The lowest BCUT2D eigenvalue weighted by molar-refractivity contribution is -0.0332. The zero-order valence-corrected chi connectivity index (χ0v) is 11.8. The van der Waals surface area contributed by atoms with E-state index in [0.717, 1.165) is 38.9 Å². The molecule has 2 nitrogen and oxygen atoms in total. The number of ether oxygens (including phenoxy) is 1. The molecular weight excluding hydrogens is 257 g/mol. The second-order valence-corrected chi connectivity index (χ2v) is 5.03. The topological polar surface area (TPSA) is 29.5 Å². The fourth-order valence-electron chi connectivity index (χ4n) is 1.90. The Hall–Kier alpha value is -0.290. The van der Waals surface area contributed by atoms with E-state index in [-0.39, 0.29) is 6.42 Å². The predicted molar refractivity (Wildman–Crippen MR) is 70.6 cm³/mol. The van der Waals surface area contributed by atoms with E-state index in [1.807, 2.05) is 6.92 Å². The molecule has 0 aromatic carbocycles. The minimum Gasteiger partial charge on any atom is -0.392 e. The lowest BCUT2D eigenvalue weighted by Crippen LogP contribution is -2.41. The van der Waals surface area contributed by atoms with Gasteiger partial charge in [-0.1, -0.05) is 25.7 Å². The maximum absolute atomic E-state index is 12.7. The minimum atomic E-state index is -1.84. The van der Waals surface area contributed by atoms with Gasteiger partial charge in [0, 0.05) is 13.2 Å². The predicted octanol–water partition coefficient (Wildman–Crippen LogP) is 3.62. The maximum Gasteiger partial charge on any atom is 0.103 e. The first kappa shape index (κ1) is 18.7. The molecule has 0 aliphatic carbocycles. The van der Waals surface area contributed by atoms with Crippen LogP contribution in [0, 0.1) is 5.41 Å². The Morgan fingerprint density at radius 2 is 1.47 bits per heavy atom. The van der Waals surface area contributed by atoms with Crippen LogP contribution in [0.2, 0.25) is 0 Å². The van der Waals surface area contributed by atoms with Crippen LogP contribution in [0.25, 0.3) is 0 Å². The molecule has 0 radical (unpaired) electrons. The molecule has 19 heavy (non-hydrogen) atoms. The van der Waals surface area contributed by atoms with Crippen molar-refractivity contribution in [2.45, 2.75) is 51.6 Å². The van der Waals surface area contributed by atoms with Crippen molar-refractivity contribution in [3.05, 3.63) is 0 Å². The van der Waals surface area contributed by atoms with Gasteiger partial charge in [0.25, 0.3) is 0 Å². The molecule has 0 spiro atoms. The van der Waals surface area contributed by atoms with E-state index < -0.39 is 31.5 Å². The number of hydrogen-bond acceptors (Lipinski definition) is 2. The third-order valence-corrected chi connectivity index (χ3v) is 3.48. The molecule has 0 aliphatic heterocycles. The summed E-state index contributed by atoms with van der Waals surface area (Å²) in [6, 6.07) is 0. The van der Waals surface area contributed by atoms with Gasteiger partial charge in [0.05, 0.1) is 11.5 Å². The van der Waals surface area contributed by atoms with Crippen molar-refractivity contribution in [3.8, 4) is 0 Å². The first-order valence-corrected chi connectivity index (χ1v) is 7.10. The van der Waals surface area contributed by atoms with Crippen LogP contribution >= 0.6 is 0 Å². The summed E-state index contributed by atoms with van der Waals surface area (Å²) in [5.41, 5.74) is -1.84. The summed E-state index contributed by atoms with van der Waals surface area (Å²) in [7, 11) is 0. The molecule has 0 fully saturated rings. The summed E-state index contributed by atoms with van der Waals surface area (Å²) >= 11 is 0. The summed E-state index contributed by atoms with van der Waals surface area (Å²) in [5, 5.41) is 9.69. The second kappa shape index (κ2) is 11.5. The van der Waals surface area contributed by atoms with Crippen LogP contribution in [0.15, 0.2) is 0 Å². The van der Waals surface area contributed by atoms with E-state index in [9.17, 15) is 18.3 Å². The fraction of sp³-hybridized carbons (Fsp3) is 1.00. The lowest BCUT2D eigenvalue weighted by atomic mass is 9.83. The van der Waals surface area contributed by atoms with Crippen LogP contribution in [0.3, 0.4) is 0 Å². The fourth-order valence-corrected chi connectivity index (χ4v) is 1.90. The zero-order chi connectivity index (χ0) is 14.6. The molecule has 0 aromatic rings. The van der Waals surface area contributed by atoms with Gasteiger partial charge >= 0.3 is 0 Å². The smallest absolute Gasteiger partial charge is 0.103 e. The highest BCUT2D eigenvalue weighted by molar-refractivity contribution is 4.85. The summed E-state index contributed by atoms with van der Waals surface area (Å²) in [6.07, 6.45) is 3.59. The van der Waals surface area contributed by atoms with Gasteiger partial charge in [0.15, 0.2) is 0 Å². The van der Waals surface area contributed by atoms with Gasteiger partial charge in [-0.3, -0.25) is 13.2 Å². The van der Waals surface area contributed by atoms with E-state index in [1.165, 1.54) is 0 Å². The molecule has 0 amide bonds. The Kier molecular flexibility index (Phi) is 11.4. The molecule has 0 rings (SSSR count). The largest absolute Gasteiger partial charge is 0.392 e. The average Bonchev–Trinajstić information content (AvgIpc) is 2.44. The van der Waals surface area contributed by atoms with Crippen LogP contribution in [-0.4, -0.2) is 44.4 Å². The third kappa shape index (κ3) is 7.16. The van der Waals surface area contributed by atoms with E-state index >= 15 is 0 Å². The molecule has 0 saturated heterocycles. The molecular formula is C14H27F3O2. The number of unbranched alkanes of at least 4 members (excludes halogenated alkanes) is 4. The molecule has 0 aliphatic rings. The number of halogens is 3. The summed E-state index contributed by atoms with van der Waals surface area (Å²) < 4.78 is 43.2. The van der Waals surface area contributed by atoms with Gasteiger partial charge in [-0.05, 0) is 19.8 Å². The quantitative estimate of drug-likeness (QED) is 0.523. The Morgan fingerprint density at radius 3 is 2.00 bits per heavy atom. The second-order valence-electron chi connectivity index (χ2n) is 5.03. The first-order chi connectivity index (χ1) is 9.16. The standard InChI is InChI=1S/C14H27F3O2/c1-2-19-9-7-5-3-4-6-8-13(18)14(10-15,11-16)12-17/h13,18H,2-12H2,1H3/t13-/m1/s1. The SMILES string of the molecule is CCOCCCCCCC[C@@H](O)C(CF)(CF)CF. The Balaban J connectivity index is 3.64. The Morgan fingerprint density at radius 1 is 0.947 bits per heavy atom. The van der Waals surface area contributed by atoms with Gasteiger partial charge in [-0.25, -0.2) is 0 Å². The van der Waals surface area contributed by atoms with Gasteiger partial charge in [-0.15, -0.1) is 0 Å². The van der Waals surface area contributed by atoms with Crippen molar-refractivity contribution < 1.29 is 23.0 Å². The van der Waals surface area contributed by atoms with Crippen molar-refractivity contribution in [1.82, 2.24) is 0 Å². The van der Waals surface area contributed by atoms with E-state index in [0.29, 0.717) is 6.42 Å². The van der Waals surface area contributed by atoms with Crippen molar-refractivity contribution in [3.63, 3.8) is 0 Å². The van der Waals surface area contributed by atoms with Crippen molar-refractivity contribution in [2.75, 3.05) is 33.2 Å². The average molecular weight is 284 g/mol. The molecule has 0 aromatic heterocycles. The van der Waals surface area contributed by atoms with E-state index in [1.54, 1.807) is 0 Å². The minimum absolute atomic E-state index is 0.253. The first-order valence-electron chi connectivity index (χ1n) is 7.10. The van der Waals surface area contributed by atoms with E-state index in [4.69, 9.17) is 4.74 Å². The molecule has 5 heteroatoms. The number of rotatable bonds is 13. The highest BCUT2D eigenvalue weighted by Gasteiger charge is 2.38. The third-order valence-electron chi connectivity index (χ3n) is 3.48. The molecule has 116 valence electrons. The van der Waals surface area contributed by atoms with Gasteiger partial charge in [0.1, 0.15) is 20.0 Å².